The van der Waals surface area contributed by atoms with E-state index in [0.29, 0.717) is 23.6 Å². The molecule has 0 saturated carbocycles. The molecule has 0 spiro atoms. The van der Waals surface area contributed by atoms with Crippen LogP contribution in [0, 0.1) is 5.92 Å². The molecule has 1 aliphatic rings. The summed E-state index contributed by atoms with van der Waals surface area (Å²) >= 11 is 0. The Labute approximate surface area is 138 Å². The Morgan fingerprint density at radius 2 is 2.00 bits per heavy atom. The summed E-state index contributed by atoms with van der Waals surface area (Å²) in [5.74, 6) is 0.376. The van der Waals surface area contributed by atoms with E-state index in [2.05, 4.69) is 16.0 Å². The molecule has 1 heterocycles. The maximum Gasteiger partial charge on any atom is 0.253 e. The number of hydrogen-bond acceptors (Lipinski definition) is 3. The van der Waals surface area contributed by atoms with Crippen molar-refractivity contribution in [2.75, 3.05) is 18.4 Å². The largest absolute Gasteiger partial charge is 0.347 e. The first-order valence-electron chi connectivity index (χ1n) is 8.27. The van der Waals surface area contributed by atoms with Gasteiger partial charge in [0.2, 0.25) is 5.91 Å². The van der Waals surface area contributed by atoms with Crippen molar-refractivity contribution >= 4 is 17.5 Å². The van der Waals surface area contributed by atoms with Gasteiger partial charge >= 0.3 is 0 Å². The molecule has 2 amide bonds. The van der Waals surface area contributed by atoms with Crippen molar-refractivity contribution in [2.24, 2.45) is 5.92 Å². The van der Waals surface area contributed by atoms with E-state index in [1.165, 1.54) is 0 Å². The topological polar surface area (TPSA) is 70.2 Å². The van der Waals surface area contributed by atoms with Crippen molar-refractivity contribution in [1.82, 2.24) is 10.6 Å². The zero-order chi connectivity index (χ0) is 16.9. The van der Waals surface area contributed by atoms with E-state index >= 15 is 0 Å². The number of amides is 2. The summed E-state index contributed by atoms with van der Waals surface area (Å²) in [6.45, 7) is 7.84. The third-order valence-electron chi connectivity index (χ3n) is 3.88. The lowest BCUT2D eigenvalue weighted by molar-refractivity contribution is -0.116. The summed E-state index contributed by atoms with van der Waals surface area (Å²) in [7, 11) is 0. The second-order valence-electron chi connectivity index (χ2n) is 7.20. The second kappa shape index (κ2) is 7.59. The molecule has 1 saturated heterocycles. The summed E-state index contributed by atoms with van der Waals surface area (Å²) < 4.78 is 0. The van der Waals surface area contributed by atoms with Crippen LogP contribution < -0.4 is 16.0 Å². The van der Waals surface area contributed by atoms with Crippen LogP contribution in [0.2, 0.25) is 0 Å². The predicted molar refractivity (Wildman–Crippen MR) is 92.5 cm³/mol. The highest BCUT2D eigenvalue weighted by molar-refractivity contribution is 6.03. The van der Waals surface area contributed by atoms with E-state index in [1.54, 1.807) is 18.2 Å². The molecule has 3 N–H and O–H groups in total. The standard InChI is InChI=1S/C18H27N3O2/c1-18(2,3)21-17(23)14-6-4-5-7-15(14)20-16(22)9-8-13-10-11-19-12-13/h4-7,13,19H,8-12H2,1-3H3,(H,20,22)(H,21,23). The van der Waals surface area contributed by atoms with Crippen LogP contribution in [0.1, 0.15) is 50.4 Å². The number of nitrogens with one attached hydrogen (secondary N) is 3. The minimum Gasteiger partial charge on any atom is -0.347 e. The van der Waals surface area contributed by atoms with Crippen LogP contribution in [0.25, 0.3) is 0 Å². The first-order chi connectivity index (χ1) is 10.8. The highest BCUT2D eigenvalue weighted by Crippen LogP contribution is 2.18. The van der Waals surface area contributed by atoms with Crippen LogP contribution >= 0.6 is 0 Å². The minimum atomic E-state index is -0.316. The Hall–Kier alpha value is -1.88. The molecule has 5 heteroatoms. The fourth-order valence-electron chi connectivity index (χ4n) is 2.71. The van der Waals surface area contributed by atoms with Gasteiger partial charge in [0.05, 0.1) is 11.3 Å². The molecule has 0 radical (unpaired) electrons. The molecule has 0 aliphatic carbocycles. The molecule has 23 heavy (non-hydrogen) atoms. The number of hydrogen-bond donors (Lipinski definition) is 3. The van der Waals surface area contributed by atoms with E-state index in [4.69, 9.17) is 0 Å². The highest BCUT2D eigenvalue weighted by atomic mass is 16.2. The van der Waals surface area contributed by atoms with Gasteiger partial charge in [-0.05, 0) is 64.8 Å². The number of para-hydroxylation sites is 1. The molecular formula is C18H27N3O2. The number of carbonyl (C=O) groups excluding carboxylic acids is 2. The maximum absolute atomic E-state index is 12.4. The predicted octanol–water partition coefficient (Wildman–Crippen LogP) is 2.54. The SMILES string of the molecule is CC(C)(C)NC(=O)c1ccccc1NC(=O)CCC1CCNC1. The van der Waals surface area contributed by atoms with E-state index in [0.717, 1.165) is 25.9 Å². The van der Waals surface area contributed by atoms with Gasteiger partial charge in [0.25, 0.3) is 5.91 Å². The molecule has 1 fully saturated rings. The van der Waals surface area contributed by atoms with Gasteiger partial charge < -0.3 is 16.0 Å². The second-order valence-corrected chi connectivity index (χ2v) is 7.20. The molecule has 0 aromatic heterocycles. The Balaban J connectivity index is 1.96. The van der Waals surface area contributed by atoms with Gasteiger partial charge in [-0.25, -0.2) is 0 Å². The van der Waals surface area contributed by atoms with Crippen LogP contribution in [-0.4, -0.2) is 30.4 Å². The van der Waals surface area contributed by atoms with Gasteiger partial charge in [-0.1, -0.05) is 12.1 Å². The fraction of sp³-hybridized carbons (Fsp3) is 0.556. The van der Waals surface area contributed by atoms with Gasteiger partial charge in [0.1, 0.15) is 0 Å². The van der Waals surface area contributed by atoms with Crippen molar-refractivity contribution in [2.45, 2.75) is 45.6 Å². The molecule has 1 aromatic carbocycles. The smallest absolute Gasteiger partial charge is 0.253 e. The van der Waals surface area contributed by atoms with Crippen molar-refractivity contribution in [3.05, 3.63) is 29.8 Å². The average Bonchev–Trinajstić information content (AvgIpc) is 2.97. The molecule has 0 bridgehead atoms. The molecule has 126 valence electrons. The van der Waals surface area contributed by atoms with E-state index < -0.39 is 0 Å². The lowest BCUT2D eigenvalue weighted by Crippen LogP contribution is -2.40. The van der Waals surface area contributed by atoms with Gasteiger partial charge in [0.15, 0.2) is 0 Å². The van der Waals surface area contributed by atoms with Crippen LogP contribution in [-0.2, 0) is 4.79 Å². The third kappa shape index (κ3) is 5.67. The maximum atomic E-state index is 12.4. The van der Waals surface area contributed by atoms with E-state index in [-0.39, 0.29) is 17.4 Å². The molecular weight excluding hydrogens is 290 g/mol. The quantitative estimate of drug-likeness (QED) is 0.781. The summed E-state index contributed by atoms with van der Waals surface area (Å²) in [5.41, 5.74) is 0.756. The zero-order valence-corrected chi connectivity index (χ0v) is 14.2. The molecule has 1 unspecified atom stereocenters. The lowest BCUT2D eigenvalue weighted by Gasteiger charge is -2.21. The summed E-state index contributed by atoms with van der Waals surface area (Å²) in [6, 6.07) is 7.13. The summed E-state index contributed by atoms with van der Waals surface area (Å²) in [6.07, 6.45) is 2.51. The van der Waals surface area contributed by atoms with Gasteiger partial charge in [-0.15, -0.1) is 0 Å². The van der Waals surface area contributed by atoms with E-state index in [9.17, 15) is 9.59 Å². The van der Waals surface area contributed by atoms with Crippen molar-refractivity contribution in [3.8, 4) is 0 Å². The molecule has 2 rings (SSSR count). The van der Waals surface area contributed by atoms with Gasteiger partial charge in [-0.2, -0.15) is 0 Å². The molecule has 5 nitrogen and oxygen atoms in total. The Bertz CT molecular complexity index is 558. The zero-order valence-electron chi connectivity index (χ0n) is 14.2. The van der Waals surface area contributed by atoms with Gasteiger partial charge in [-0.3, -0.25) is 9.59 Å². The highest BCUT2D eigenvalue weighted by Gasteiger charge is 2.19. The van der Waals surface area contributed by atoms with Gasteiger partial charge in [0, 0.05) is 12.0 Å². The first-order valence-corrected chi connectivity index (χ1v) is 8.27. The number of rotatable bonds is 5. The summed E-state index contributed by atoms with van der Waals surface area (Å²) in [4.78, 5) is 24.5. The average molecular weight is 317 g/mol. The van der Waals surface area contributed by atoms with Crippen LogP contribution in [0.5, 0.6) is 0 Å². The first kappa shape index (κ1) is 17.5. The number of benzene rings is 1. The van der Waals surface area contributed by atoms with Crippen LogP contribution in [0.3, 0.4) is 0 Å². The molecule has 1 aromatic rings. The monoisotopic (exact) mass is 317 g/mol. The summed E-state index contributed by atoms with van der Waals surface area (Å²) in [5, 5.41) is 9.12. The van der Waals surface area contributed by atoms with Crippen molar-refractivity contribution in [3.63, 3.8) is 0 Å². The Morgan fingerprint density at radius 3 is 2.65 bits per heavy atom. The number of carbonyl (C=O) groups is 2. The van der Waals surface area contributed by atoms with E-state index in [1.807, 2.05) is 26.8 Å². The van der Waals surface area contributed by atoms with Crippen LogP contribution in [0.15, 0.2) is 24.3 Å². The van der Waals surface area contributed by atoms with Crippen molar-refractivity contribution < 1.29 is 9.59 Å². The lowest BCUT2D eigenvalue weighted by atomic mass is 10.0. The molecule has 1 aliphatic heterocycles. The fourth-order valence-corrected chi connectivity index (χ4v) is 2.71. The Kier molecular flexibility index (Phi) is 5.77. The van der Waals surface area contributed by atoms with Crippen molar-refractivity contribution in [1.29, 1.82) is 0 Å². The number of anilines is 1. The normalized spacial score (nSPS) is 17.8. The third-order valence-corrected chi connectivity index (χ3v) is 3.88. The Morgan fingerprint density at radius 1 is 1.26 bits per heavy atom. The van der Waals surface area contributed by atoms with Crippen LogP contribution in [0.4, 0.5) is 5.69 Å². The molecule has 1 atom stereocenters. The minimum absolute atomic E-state index is 0.0343.